The van der Waals surface area contributed by atoms with Crippen LogP contribution in [-0.2, 0) is 25.7 Å². The summed E-state index contributed by atoms with van der Waals surface area (Å²) in [7, 11) is 1.53. The van der Waals surface area contributed by atoms with Crippen LogP contribution in [0, 0.1) is 5.92 Å². The van der Waals surface area contributed by atoms with E-state index in [0.29, 0.717) is 18.0 Å². The Morgan fingerprint density at radius 3 is 2.57 bits per heavy atom. The molecule has 7 nitrogen and oxygen atoms in total. The van der Waals surface area contributed by atoms with Crippen LogP contribution in [0.3, 0.4) is 0 Å². The molecular weight excluding hydrogens is 360 g/mol. The second-order valence-corrected chi connectivity index (χ2v) is 6.45. The van der Waals surface area contributed by atoms with Crippen LogP contribution < -0.4 is 15.0 Å². The summed E-state index contributed by atoms with van der Waals surface area (Å²) < 4.78 is 10.4. The molecule has 1 aliphatic rings. The van der Waals surface area contributed by atoms with Gasteiger partial charge in [-0.15, -0.1) is 0 Å². The number of hydrogen-bond acceptors (Lipinski definition) is 5. The van der Waals surface area contributed by atoms with E-state index in [1.165, 1.54) is 12.0 Å². The zero-order valence-electron chi connectivity index (χ0n) is 15.6. The molecule has 2 amide bonds. The number of nitrogens with one attached hydrogen (secondary N) is 1. The van der Waals surface area contributed by atoms with E-state index in [2.05, 4.69) is 5.32 Å². The Kier molecular flexibility index (Phi) is 6.26. The van der Waals surface area contributed by atoms with Crippen LogP contribution in [0.4, 0.5) is 5.69 Å². The molecule has 0 radical (unpaired) electrons. The van der Waals surface area contributed by atoms with Gasteiger partial charge in [0, 0.05) is 19.5 Å². The third kappa shape index (κ3) is 4.68. The number of nitrogens with zero attached hydrogens (tertiary/aromatic N) is 1. The van der Waals surface area contributed by atoms with Gasteiger partial charge >= 0.3 is 5.97 Å². The summed E-state index contributed by atoms with van der Waals surface area (Å²) in [6.07, 6.45) is 0.0442. The van der Waals surface area contributed by atoms with Crippen molar-refractivity contribution in [2.24, 2.45) is 5.92 Å². The van der Waals surface area contributed by atoms with Gasteiger partial charge in [0.05, 0.1) is 18.7 Å². The average Bonchev–Trinajstić information content (AvgIpc) is 3.12. The van der Waals surface area contributed by atoms with Crippen LogP contribution in [-0.4, -0.2) is 38.0 Å². The fourth-order valence-corrected chi connectivity index (χ4v) is 3.05. The Bertz CT molecular complexity index is 853. The summed E-state index contributed by atoms with van der Waals surface area (Å²) in [5.41, 5.74) is 1.57. The van der Waals surface area contributed by atoms with Gasteiger partial charge in [0.2, 0.25) is 5.91 Å². The van der Waals surface area contributed by atoms with Crippen molar-refractivity contribution < 1.29 is 23.9 Å². The normalized spacial score (nSPS) is 16.0. The average molecular weight is 382 g/mol. The Morgan fingerprint density at radius 1 is 1.11 bits per heavy atom. The minimum absolute atomic E-state index is 0.0442. The fourth-order valence-electron chi connectivity index (χ4n) is 3.05. The van der Waals surface area contributed by atoms with Crippen molar-refractivity contribution in [3.05, 3.63) is 60.2 Å². The SMILES string of the molecule is COc1ccccc1N1C[C@H](C(=O)OCC(=O)NCc2ccccc2)CC1=O. The Labute approximate surface area is 163 Å². The number of amides is 2. The molecule has 1 saturated heterocycles. The molecule has 146 valence electrons. The molecule has 0 aliphatic carbocycles. The molecule has 1 N–H and O–H groups in total. The van der Waals surface area contributed by atoms with Crippen LogP contribution in [0.1, 0.15) is 12.0 Å². The van der Waals surface area contributed by atoms with E-state index in [9.17, 15) is 14.4 Å². The molecule has 28 heavy (non-hydrogen) atoms. The predicted octanol–water partition coefficient (Wildman–Crippen LogP) is 1.91. The molecule has 1 heterocycles. The highest BCUT2D eigenvalue weighted by atomic mass is 16.5. The third-order valence-corrected chi connectivity index (χ3v) is 4.51. The maximum absolute atomic E-state index is 12.3. The molecule has 2 aromatic carbocycles. The standard InChI is InChI=1S/C21H22N2O5/c1-27-18-10-6-5-9-17(18)23-13-16(11-20(23)25)21(26)28-14-19(24)22-12-15-7-3-2-4-8-15/h2-10,16H,11-14H2,1H3,(H,22,24)/t16-/m1/s1. The van der Waals surface area contributed by atoms with E-state index >= 15 is 0 Å². The van der Waals surface area contributed by atoms with Crippen LogP contribution in [0.25, 0.3) is 0 Å². The molecule has 0 spiro atoms. The number of para-hydroxylation sites is 2. The van der Waals surface area contributed by atoms with Gasteiger partial charge in [-0.1, -0.05) is 42.5 Å². The van der Waals surface area contributed by atoms with Crippen molar-refractivity contribution in [2.75, 3.05) is 25.2 Å². The summed E-state index contributed by atoms with van der Waals surface area (Å²) in [6.45, 7) is 0.190. The number of carbonyl (C=O) groups excluding carboxylic acids is 3. The van der Waals surface area contributed by atoms with Crippen molar-refractivity contribution in [3.63, 3.8) is 0 Å². The van der Waals surface area contributed by atoms with Gasteiger partial charge in [-0.3, -0.25) is 14.4 Å². The lowest BCUT2D eigenvalue weighted by molar-refractivity contribution is -0.152. The molecular formula is C21H22N2O5. The first-order valence-corrected chi connectivity index (χ1v) is 8.99. The summed E-state index contributed by atoms with van der Waals surface area (Å²) in [4.78, 5) is 38.0. The van der Waals surface area contributed by atoms with Crippen LogP contribution >= 0.6 is 0 Å². The Balaban J connectivity index is 1.50. The van der Waals surface area contributed by atoms with Crippen molar-refractivity contribution in [1.82, 2.24) is 5.32 Å². The lowest BCUT2D eigenvalue weighted by Crippen LogP contribution is -2.31. The van der Waals surface area contributed by atoms with Gasteiger partial charge in [-0.2, -0.15) is 0 Å². The maximum Gasteiger partial charge on any atom is 0.311 e. The number of anilines is 1. The van der Waals surface area contributed by atoms with E-state index < -0.39 is 11.9 Å². The second-order valence-electron chi connectivity index (χ2n) is 6.45. The van der Waals surface area contributed by atoms with Crippen LogP contribution in [0.5, 0.6) is 5.75 Å². The quantitative estimate of drug-likeness (QED) is 0.740. The highest BCUT2D eigenvalue weighted by Crippen LogP contribution is 2.33. The van der Waals surface area contributed by atoms with Crippen LogP contribution in [0.15, 0.2) is 54.6 Å². The maximum atomic E-state index is 12.3. The van der Waals surface area contributed by atoms with E-state index in [1.807, 2.05) is 36.4 Å². The summed E-state index contributed by atoms with van der Waals surface area (Å²) in [5, 5.41) is 2.69. The van der Waals surface area contributed by atoms with Gasteiger partial charge < -0.3 is 19.7 Å². The highest BCUT2D eigenvalue weighted by molar-refractivity contribution is 6.00. The molecule has 1 atom stereocenters. The lowest BCUT2D eigenvalue weighted by atomic mass is 10.1. The van der Waals surface area contributed by atoms with Gasteiger partial charge in [0.1, 0.15) is 5.75 Å². The second kappa shape index (κ2) is 9.03. The first-order valence-electron chi connectivity index (χ1n) is 8.99. The minimum Gasteiger partial charge on any atom is -0.495 e. The Morgan fingerprint density at radius 2 is 1.82 bits per heavy atom. The Hall–Kier alpha value is -3.35. The zero-order valence-corrected chi connectivity index (χ0v) is 15.6. The van der Waals surface area contributed by atoms with Gasteiger partial charge in [-0.25, -0.2) is 0 Å². The number of rotatable bonds is 7. The molecule has 0 saturated carbocycles. The van der Waals surface area contributed by atoms with Crippen LogP contribution in [0.2, 0.25) is 0 Å². The zero-order chi connectivity index (χ0) is 19.9. The first kappa shape index (κ1) is 19.4. The summed E-state index contributed by atoms with van der Waals surface area (Å²) in [6, 6.07) is 16.6. The number of methoxy groups -OCH3 is 1. The summed E-state index contributed by atoms with van der Waals surface area (Å²) in [5.74, 6) is -1.17. The van der Waals surface area contributed by atoms with E-state index in [4.69, 9.17) is 9.47 Å². The lowest BCUT2D eigenvalue weighted by Gasteiger charge is -2.19. The largest absolute Gasteiger partial charge is 0.495 e. The minimum atomic E-state index is -0.612. The number of ether oxygens (including phenoxy) is 2. The molecule has 1 aliphatic heterocycles. The topological polar surface area (TPSA) is 84.9 Å². The predicted molar refractivity (Wildman–Crippen MR) is 103 cm³/mol. The number of carbonyl (C=O) groups is 3. The van der Waals surface area contributed by atoms with Crippen molar-refractivity contribution in [1.29, 1.82) is 0 Å². The van der Waals surface area contributed by atoms with Gasteiger partial charge in [0.25, 0.3) is 5.91 Å². The monoisotopic (exact) mass is 382 g/mol. The molecule has 0 unspecified atom stereocenters. The van der Waals surface area contributed by atoms with E-state index in [1.54, 1.807) is 18.2 Å². The third-order valence-electron chi connectivity index (χ3n) is 4.51. The fraction of sp³-hybridized carbons (Fsp3) is 0.286. The van der Waals surface area contributed by atoms with Crippen molar-refractivity contribution >= 4 is 23.5 Å². The van der Waals surface area contributed by atoms with Crippen molar-refractivity contribution in [2.45, 2.75) is 13.0 Å². The number of esters is 1. The number of hydrogen-bond donors (Lipinski definition) is 1. The van der Waals surface area contributed by atoms with Gasteiger partial charge in [-0.05, 0) is 17.7 Å². The van der Waals surface area contributed by atoms with E-state index in [-0.39, 0.29) is 31.4 Å². The molecule has 7 heteroatoms. The molecule has 0 aromatic heterocycles. The highest BCUT2D eigenvalue weighted by Gasteiger charge is 2.37. The van der Waals surface area contributed by atoms with Crippen molar-refractivity contribution in [3.8, 4) is 5.75 Å². The first-order chi connectivity index (χ1) is 13.6. The molecule has 3 rings (SSSR count). The smallest absolute Gasteiger partial charge is 0.311 e. The molecule has 1 fully saturated rings. The molecule has 0 bridgehead atoms. The number of benzene rings is 2. The van der Waals surface area contributed by atoms with Gasteiger partial charge in [0.15, 0.2) is 6.61 Å². The molecule has 2 aromatic rings. The van der Waals surface area contributed by atoms with E-state index in [0.717, 1.165) is 5.56 Å². The summed E-state index contributed by atoms with van der Waals surface area (Å²) >= 11 is 0.